The molecule has 0 amide bonds. The minimum atomic E-state index is -0.552. The number of aryl methyl sites for hydroxylation is 1. The Morgan fingerprint density at radius 3 is 2.80 bits per heavy atom. The summed E-state index contributed by atoms with van der Waals surface area (Å²) in [6.45, 7) is 0. The lowest BCUT2D eigenvalue weighted by Crippen LogP contribution is -2.28. The molecule has 2 nitrogen and oxygen atoms in total. The number of nitrogens with zero attached hydrogens (tertiary/aromatic N) is 2. The topological polar surface area (TPSA) is 47.6 Å². The first kappa shape index (κ1) is 9.74. The van der Waals surface area contributed by atoms with Crippen LogP contribution in [-0.4, -0.2) is 0 Å². The largest absolute Gasteiger partial charge is 0.198 e. The number of nitriles is 2. The summed E-state index contributed by atoms with van der Waals surface area (Å²) in [5.74, 6) is 0. The summed E-state index contributed by atoms with van der Waals surface area (Å²) in [7, 11) is 0. The standard InChI is InChI=1S/C13H12N2/c14-9-8-13(10-15)7-3-5-11-4-1-2-6-12(11)13/h1-2,4,6H,3,5,7-8H2/t13-/m1/s1. The summed E-state index contributed by atoms with van der Waals surface area (Å²) < 4.78 is 0. The van der Waals surface area contributed by atoms with Crippen molar-refractivity contribution in [3.8, 4) is 12.1 Å². The van der Waals surface area contributed by atoms with Crippen LogP contribution in [0.3, 0.4) is 0 Å². The molecule has 0 N–H and O–H groups in total. The molecule has 0 unspecified atom stereocenters. The van der Waals surface area contributed by atoms with Gasteiger partial charge < -0.3 is 0 Å². The van der Waals surface area contributed by atoms with Gasteiger partial charge in [0.25, 0.3) is 0 Å². The Balaban J connectivity index is 2.54. The van der Waals surface area contributed by atoms with E-state index in [0.29, 0.717) is 6.42 Å². The van der Waals surface area contributed by atoms with E-state index in [1.807, 2.05) is 18.2 Å². The predicted molar refractivity (Wildman–Crippen MR) is 56.9 cm³/mol. The van der Waals surface area contributed by atoms with Gasteiger partial charge in [0.2, 0.25) is 0 Å². The van der Waals surface area contributed by atoms with Crippen molar-refractivity contribution in [3.05, 3.63) is 35.4 Å². The maximum absolute atomic E-state index is 9.32. The van der Waals surface area contributed by atoms with Crippen LogP contribution < -0.4 is 0 Å². The second-order valence-corrected chi connectivity index (χ2v) is 4.04. The molecule has 1 atom stereocenters. The van der Waals surface area contributed by atoms with Crippen molar-refractivity contribution >= 4 is 0 Å². The minimum Gasteiger partial charge on any atom is -0.198 e. The van der Waals surface area contributed by atoms with E-state index in [-0.39, 0.29) is 0 Å². The first-order valence-corrected chi connectivity index (χ1v) is 5.19. The molecule has 0 aromatic heterocycles. The van der Waals surface area contributed by atoms with E-state index in [9.17, 15) is 5.26 Å². The third-order valence-electron chi connectivity index (χ3n) is 3.18. The van der Waals surface area contributed by atoms with E-state index in [2.05, 4.69) is 18.2 Å². The average Bonchev–Trinajstić information content (AvgIpc) is 2.30. The molecule has 2 rings (SSSR count). The van der Waals surface area contributed by atoms with Gasteiger partial charge in [-0.3, -0.25) is 0 Å². The van der Waals surface area contributed by atoms with Crippen LogP contribution in [0.5, 0.6) is 0 Å². The van der Waals surface area contributed by atoms with Gasteiger partial charge in [-0.1, -0.05) is 24.3 Å². The number of hydrogen-bond acceptors (Lipinski definition) is 2. The van der Waals surface area contributed by atoms with E-state index in [1.54, 1.807) is 0 Å². The highest BCUT2D eigenvalue weighted by Gasteiger charge is 2.36. The molecule has 1 aliphatic carbocycles. The summed E-state index contributed by atoms with van der Waals surface area (Å²) in [6.07, 6.45) is 3.16. The maximum atomic E-state index is 9.32. The van der Waals surface area contributed by atoms with Crippen molar-refractivity contribution in [1.82, 2.24) is 0 Å². The zero-order valence-electron chi connectivity index (χ0n) is 8.53. The highest BCUT2D eigenvalue weighted by atomic mass is 14.4. The summed E-state index contributed by atoms with van der Waals surface area (Å²) in [5, 5.41) is 18.2. The Bertz CT molecular complexity index is 450. The summed E-state index contributed by atoms with van der Waals surface area (Å²) >= 11 is 0. The predicted octanol–water partition coefficient (Wildman–Crippen LogP) is 2.70. The van der Waals surface area contributed by atoms with Gasteiger partial charge in [0.05, 0.1) is 24.0 Å². The lowest BCUT2D eigenvalue weighted by molar-refractivity contribution is 0.461. The first-order chi connectivity index (χ1) is 7.32. The van der Waals surface area contributed by atoms with Gasteiger partial charge in [-0.05, 0) is 30.4 Å². The van der Waals surface area contributed by atoms with E-state index in [4.69, 9.17) is 5.26 Å². The normalized spacial score (nSPS) is 23.6. The zero-order chi connectivity index (χ0) is 10.7. The molecule has 1 aromatic carbocycles. The van der Waals surface area contributed by atoms with Gasteiger partial charge in [0, 0.05) is 0 Å². The molecule has 0 fully saturated rings. The van der Waals surface area contributed by atoms with E-state index in [0.717, 1.165) is 24.8 Å². The minimum absolute atomic E-state index is 0.306. The van der Waals surface area contributed by atoms with Crippen LogP contribution in [0, 0.1) is 22.7 Å². The molecule has 0 radical (unpaired) electrons. The molecule has 2 heteroatoms. The van der Waals surface area contributed by atoms with Crippen LogP contribution in [0.15, 0.2) is 24.3 Å². The van der Waals surface area contributed by atoms with Crippen molar-refractivity contribution in [2.24, 2.45) is 0 Å². The van der Waals surface area contributed by atoms with Gasteiger partial charge in [0.15, 0.2) is 0 Å². The SMILES string of the molecule is N#CC[C@@]1(C#N)CCCc2ccccc21. The molecule has 0 spiro atoms. The van der Waals surface area contributed by atoms with E-state index < -0.39 is 5.41 Å². The van der Waals surface area contributed by atoms with Gasteiger partial charge in [0.1, 0.15) is 0 Å². The Morgan fingerprint density at radius 1 is 1.27 bits per heavy atom. The first-order valence-electron chi connectivity index (χ1n) is 5.19. The fraction of sp³-hybridized carbons (Fsp3) is 0.385. The second-order valence-electron chi connectivity index (χ2n) is 4.04. The smallest absolute Gasteiger partial charge is 0.0954 e. The lowest BCUT2D eigenvalue weighted by Gasteiger charge is -2.31. The number of benzene rings is 1. The molecular weight excluding hydrogens is 184 g/mol. The van der Waals surface area contributed by atoms with Crippen LogP contribution in [0.25, 0.3) is 0 Å². The zero-order valence-corrected chi connectivity index (χ0v) is 8.53. The molecule has 15 heavy (non-hydrogen) atoms. The van der Waals surface area contributed by atoms with Crippen molar-refractivity contribution < 1.29 is 0 Å². The molecular formula is C13H12N2. The highest BCUT2D eigenvalue weighted by molar-refractivity contribution is 5.42. The van der Waals surface area contributed by atoms with Gasteiger partial charge in [-0.25, -0.2) is 0 Å². The van der Waals surface area contributed by atoms with Crippen LogP contribution in [0.4, 0.5) is 0 Å². The average molecular weight is 196 g/mol. The Hall–Kier alpha value is -1.80. The lowest BCUT2D eigenvalue weighted by atomic mass is 9.69. The van der Waals surface area contributed by atoms with Crippen LogP contribution in [0.2, 0.25) is 0 Å². The summed E-state index contributed by atoms with van der Waals surface area (Å²) in [6, 6.07) is 12.5. The maximum Gasteiger partial charge on any atom is 0.0954 e. The Kier molecular flexibility index (Phi) is 2.44. The van der Waals surface area contributed by atoms with Crippen molar-refractivity contribution in [2.75, 3.05) is 0 Å². The number of hydrogen-bond donors (Lipinski definition) is 0. The van der Waals surface area contributed by atoms with Crippen LogP contribution >= 0.6 is 0 Å². The molecule has 0 aliphatic heterocycles. The monoisotopic (exact) mass is 196 g/mol. The third-order valence-corrected chi connectivity index (χ3v) is 3.18. The summed E-state index contributed by atoms with van der Waals surface area (Å²) in [4.78, 5) is 0. The van der Waals surface area contributed by atoms with E-state index in [1.165, 1.54) is 5.56 Å². The highest BCUT2D eigenvalue weighted by Crippen LogP contribution is 2.39. The van der Waals surface area contributed by atoms with Crippen molar-refractivity contribution in [1.29, 1.82) is 10.5 Å². The molecule has 1 aliphatic rings. The molecule has 0 bridgehead atoms. The molecule has 1 aromatic rings. The van der Waals surface area contributed by atoms with E-state index >= 15 is 0 Å². The Labute approximate surface area is 89.8 Å². The molecule has 74 valence electrons. The van der Waals surface area contributed by atoms with Crippen LogP contribution in [-0.2, 0) is 11.8 Å². The summed E-state index contributed by atoms with van der Waals surface area (Å²) in [5.41, 5.74) is 1.75. The number of fused-ring (bicyclic) bond motifs is 1. The van der Waals surface area contributed by atoms with Crippen LogP contribution in [0.1, 0.15) is 30.4 Å². The quantitative estimate of drug-likeness (QED) is 0.693. The van der Waals surface area contributed by atoms with Gasteiger partial charge in [-0.2, -0.15) is 10.5 Å². The molecule has 0 heterocycles. The third kappa shape index (κ3) is 1.49. The number of rotatable bonds is 1. The molecule has 0 saturated carbocycles. The fourth-order valence-electron chi connectivity index (χ4n) is 2.39. The fourth-order valence-corrected chi connectivity index (χ4v) is 2.39. The second kappa shape index (κ2) is 3.75. The Morgan fingerprint density at radius 2 is 2.07 bits per heavy atom. The van der Waals surface area contributed by atoms with Crippen molar-refractivity contribution in [3.63, 3.8) is 0 Å². The molecule has 0 saturated heterocycles. The van der Waals surface area contributed by atoms with Gasteiger partial charge >= 0.3 is 0 Å². The van der Waals surface area contributed by atoms with Gasteiger partial charge in [-0.15, -0.1) is 0 Å². The van der Waals surface area contributed by atoms with Crippen molar-refractivity contribution in [2.45, 2.75) is 31.1 Å².